The fourth-order valence-corrected chi connectivity index (χ4v) is 1.73. The van der Waals surface area contributed by atoms with Gasteiger partial charge in [-0.3, -0.25) is 0 Å². The van der Waals surface area contributed by atoms with Crippen molar-refractivity contribution in [3.63, 3.8) is 0 Å². The summed E-state index contributed by atoms with van der Waals surface area (Å²) in [6, 6.07) is 5.64. The van der Waals surface area contributed by atoms with Gasteiger partial charge in [0.1, 0.15) is 5.75 Å². The third kappa shape index (κ3) is 2.07. The van der Waals surface area contributed by atoms with Gasteiger partial charge < -0.3 is 10.5 Å². The number of hydrogen-bond acceptors (Lipinski definition) is 4. The normalized spacial score (nSPS) is 10.4. The van der Waals surface area contributed by atoms with Crippen LogP contribution in [0, 0.1) is 0 Å². The smallest absolute Gasteiger partial charge is 0.121 e. The van der Waals surface area contributed by atoms with Crippen molar-refractivity contribution in [3.05, 3.63) is 34.6 Å². The molecule has 2 N–H and O–H groups in total. The highest BCUT2D eigenvalue weighted by molar-refractivity contribution is 9.10. The Labute approximate surface area is 101 Å². The Morgan fingerprint density at radius 1 is 1.50 bits per heavy atom. The molecule has 0 amide bonds. The number of halogens is 1. The molecule has 84 valence electrons. The third-order valence-electron chi connectivity index (χ3n) is 2.15. The van der Waals surface area contributed by atoms with E-state index in [0.29, 0.717) is 6.54 Å². The molecule has 0 radical (unpaired) electrons. The number of benzene rings is 1. The average Bonchev–Trinajstić information content (AvgIpc) is 2.78. The van der Waals surface area contributed by atoms with Gasteiger partial charge in [-0.2, -0.15) is 0 Å². The van der Waals surface area contributed by atoms with Gasteiger partial charge in [-0.15, -0.1) is 5.10 Å². The number of methoxy groups -OCH3 is 1. The van der Waals surface area contributed by atoms with Gasteiger partial charge in [0.05, 0.1) is 24.7 Å². The number of hydrogen-bond donors (Lipinski definition) is 1. The Kier molecular flexibility index (Phi) is 3.21. The van der Waals surface area contributed by atoms with Crippen LogP contribution in [0.15, 0.2) is 28.9 Å². The third-order valence-corrected chi connectivity index (χ3v) is 2.82. The predicted octanol–water partition coefficient (Wildman–Crippen LogP) is 1.50. The topological polar surface area (TPSA) is 66.0 Å². The van der Waals surface area contributed by atoms with Crippen LogP contribution in [-0.2, 0) is 6.54 Å². The van der Waals surface area contributed by atoms with E-state index in [1.807, 2.05) is 18.2 Å². The zero-order chi connectivity index (χ0) is 11.5. The molecule has 0 bridgehead atoms. The summed E-state index contributed by atoms with van der Waals surface area (Å²) in [6.45, 7) is 0.377. The van der Waals surface area contributed by atoms with Crippen molar-refractivity contribution in [1.29, 1.82) is 0 Å². The molecule has 0 aliphatic rings. The van der Waals surface area contributed by atoms with Gasteiger partial charge in [0.2, 0.25) is 0 Å². The Balaban J connectivity index is 2.45. The van der Waals surface area contributed by atoms with Crippen molar-refractivity contribution >= 4 is 15.9 Å². The molecule has 0 saturated carbocycles. The molecule has 5 nitrogen and oxygen atoms in total. The first-order valence-electron chi connectivity index (χ1n) is 4.70. The van der Waals surface area contributed by atoms with E-state index >= 15 is 0 Å². The lowest BCUT2D eigenvalue weighted by Gasteiger charge is -2.06. The molecular formula is C10H11BrN4O. The maximum atomic E-state index is 5.48. The minimum absolute atomic E-state index is 0.377. The number of aromatic nitrogens is 3. The van der Waals surface area contributed by atoms with Gasteiger partial charge in [0.25, 0.3) is 0 Å². The highest BCUT2D eigenvalue weighted by Gasteiger charge is 2.06. The van der Waals surface area contributed by atoms with Crippen LogP contribution < -0.4 is 10.5 Å². The van der Waals surface area contributed by atoms with Crippen molar-refractivity contribution in [2.75, 3.05) is 7.11 Å². The predicted molar refractivity (Wildman–Crippen MR) is 63.5 cm³/mol. The van der Waals surface area contributed by atoms with E-state index < -0.39 is 0 Å². The molecule has 2 aromatic rings. The van der Waals surface area contributed by atoms with Gasteiger partial charge >= 0.3 is 0 Å². The molecule has 1 aromatic carbocycles. The first kappa shape index (κ1) is 11.1. The summed E-state index contributed by atoms with van der Waals surface area (Å²) in [5, 5.41) is 7.93. The molecule has 0 aliphatic carbocycles. The monoisotopic (exact) mass is 282 g/mol. The number of nitrogens with zero attached hydrogens (tertiary/aromatic N) is 3. The van der Waals surface area contributed by atoms with Crippen LogP contribution in [0.3, 0.4) is 0 Å². The minimum Gasteiger partial charge on any atom is -0.497 e. The van der Waals surface area contributed by atoms with Crippen molar-refractivity contribution in [2.45, 2.75) is 6.54 Å². The lowest BCUT2D eigenvalue weighted by molar-refractivity contribution is 0.414. The van der Waals surface area contributed by atoms with Crippen LogP contribution in [0.25, 0.3) is 5.69 Å². The molecule has 0 spiro atoms. The molecule has 1 aromatic heterocycles. The zero-order valence-corrected chi connectivity index (χ0v) is 10.3. The molecular weight excluding hydrogens is 272 g/mol. The first-order chi connectivity index (χ1) is 7.74. The van der Waals surface area contributed by atoms with E-state index in [9.17, 15) is 0 Å². The van der Waals surface area contributed by atoms with Crippen molar-refractivity contribution in [2.24, 2.45) is 5.73 Å². The Hall–Kier alpha value is -1.40. The Morgan fingerprint density at radius 2 is 2.31 bits per heavy atom. The van der Waals surface area contributed by atoms with Gasteiger partial charge in [-0.1, -0.05) is 5.21 Å². The summed E-state index contributed by atoms with van der Waals surface area (Å²) < 4.78 is 7.74. The maximum Gasteiger partial charge on any atom is 0.121 e. The highest BCUT2D eigenvalue weighted by atomic mass is 79.9. The zero-order valence-electron chi connectivity index (χ0n) is 8.72. The molecule has 1 heterocycles. The Morgan fingerprint density at radius 3 is 2.94 bits per heavy atom. The van der Waals surface area contributed by atoms with Crippen LogP contribution in [0.5, 0.6) is 5.75 Å². The van der Waals surface area contributed by atoms with E-state index in [1.54, 1.807) is 18.0 Å². The van der Waals surface area contributed by atoms with Crippen LogP contribution in [-0.4, -0.2) is 22.1 Å². The van der Waals surface area contributed by atoms with Crippen LogP contribution in [0.4, 0.5) is 0 Å². The largest absolute Gasteiger partial charge is 0.497 e. The van der Waals surface area contributed by atoms with E-state index in [0.717, 1.165) is 21.6 Å². The van der Waals surface area contributed by atoms with E-state index in [2.05, 4.69) is 26.2 Å². The molecule has 0 saturated heterocycles. The van der Waals surface area contributed by atoms with E-state index in [1.165, 1.54) is 0 Å². The highest BCUT2D eigenvalue weighted by Crippen LogP contribution is 2.25. The van der Waals surface area contributed by atoms with Crippen LogP contribution in [0.1, 0.15) is 5.69 Å². The van der Waals surface area contributed by atoms with E-state index in [4.69, 9.17) is 10.5 Å². The van der Waals surface area contributed by atoms with Gasteiger partial charge in [-0.05, 0) is 28.1 Å². The summed E-state index contributed by atoms with van der Waals surface area (Å²) in [6.07, 6.45) is 1.79. The standard InChI is InChI=1S/C10H11BrN4O/c1-16-8-2-3-9(11)10(4-8)15-6-7(5-12)13-14-15/h2-4,6H,5,12H2,1H3. The summed E-state index contributed by atoms with van der Waals surface area (Å²) in [4.78, 5) is 0. The van der Waals surface area contributed by atoms with E-state index in [-0.39, 0.29) is 0 Å². The second-order valence-electron chi connectivity index (χ2n) is 3.18. The summed E-state index contributed by atoms with van der Waals surface area (Å²) in [7, 11) is 1.62. The van der Waals surface area contributed by atoms with Gasteiger partial charge in [0, 0.05) is 17.1 Å². The number of nitrogens with two attached hydrogens (primary N) is 1. The molecule has 0 atom stereocenters. The SMILES string of the molecule is COc1ccc(Br)c(-n2cc(CN)nn2)c1. The molecule has 6 heteroatoms. The van der Waals surface area contributed by atoms with Gasteiger partial charge in [-0.25, -0.2) is 4.68 Å². The van der Waals surface area contributed by atoms with Crippen molar-refractivity contribution < 1.29 is 4.74 Å². The lowest BCUT2D eigenvalue weighted by Crippen LogP contribution is -1.97. The number of rotatable bonds is 3. The number of ether oxygens (including phenoxy) is 1. The average molecular weight is 283 g/mol. The Bertz CT molecular complexity index is 497. The summed E-state index contributed by atoms with van der Waals surface area (Å²) in [5.74, 6) is 0.767. The van der Waals surface area contributed by atoms with Crippen LogP contribution in [0.2, 0.25) is 0 Å². The van der Waals surface area contributed by atoms with Crippen molar-refractivity contribution in [3.8, 4) is 11.4 Å². The van der Waals surface area contributed by atoms with Crippen molar-refractivity contribution in [1.82, 2.24) is 15.0 Å². The molecule has 0 aliphatic heterocycles. The second-order valence-corrected chi connectivity index (χ2v) is 4.03. The molecule has 0 fully saturated rings. The fourth-order valence-electron chi connectivity index (χ4n) is 1.30. The van der Waals surface area contributed by atoms with Gasteiger partial charge in [0.15, 0.2) is 0 Å². The van der Waals surface area contributed by atoms with Crippen LogP contribution >= 0.6 is 15.9 Å². The minimum atomic E-state index is 0.377. The molecule has 2 rings (SSSR count). The quantitative estimate of drug-likeness (QED) is 0.927. The lowest BCUT2D eigenvalue weighted by atomic mass is 10.3. The first-order valence-corrected chi connectivity index (χ1v) is 5.49. The fraction of sp³-hybridized carbons (Fsp3) is 0.200. The second kappa shape index (κ2) is 4.63. The summed E-state index contributed by atoms with van der Waals surface area (Å²) >= 11 is 3.45. The summed E-state index contributed by atoms with van der Waals surface area (Å²) in [5.41, 5.74) is 7.10. The molecule has 0 unspecified atom stereocenters. The maximum absolute atomic E-state index is 5.48. The molecule has 16 heavy (non-hydrogen) atoms.